The average Bonchev–Trinajstić information content (AvgIpc) is 3.19. The van der Waals surface area contributed by atoms with E-state index in [1.807, 2.05) is 19.1 Å². The second kappa shape index (κ2) is 9.06. The average molecular weight is 411 g/mol. The highest BCUT2D eigenvalue weighted by atomic mass is 19.1. The highest BCUT2D eigenvalue weighted by molar-refractivity contribution is 5.91. The number of nitrogens with one attached hydrogen (secondary N) is 4. The zero-order valence-corrected chi connectivity index (χ0v) is 16.9. The van der Waals surface area contributed by atoms with E-state index in [2.05, 4.69) is 35.9 Å². The summed E-state index contributed by atoms with van der Waals surface area (Å²) in [6, 6.07) is 3.37. The van der Waals surface area contributed by atoms with Gasteiger partial charge >= 0.3 is 6.03 Å². The van der Waals surface area contributed by atoms with Crippen molar-refractivity contribution in [3.8, 4) is 11.4 Å². The molecule has 30 heavy (non-hydrogen) atoms. The van der Waals surface area contributed by atoms with Gasteiger partial charge in [-0.1, -0.05) is 19.8 Å². The van der Waals surface area contributed by atoms with Crippen molar-refractivity contribution in [1.82, 2.24) is 30.6 Å². The van der Waals surface area contributed by atoms with E-state index in [4.69, 9.17) is 0 Å². The third kappa shape index (κ3) is 4.34. The first kappa shape index (κ1) is 20.1. The first-order valence-corrected chi connectivity index (χ1v) is 10.4. The lowest BCUT2D eigenvalue weighted by Gasteiger charge is -2.33. The van der Waals surface area contributed by atoms with Gasteiger partial charge in [0.25, 0.3) is 0 Å². The van der Waals surface area contributed by atoms with Gasteiger partial charge < -0.3 is 20.9 Å². The molecular formula is C21H26FN7O. The number of carbonyl (C=O) groups is 1. The molecule has 0 saturated heterocycles. The molecule has 4 N–H and O–H groups in total. The predicted molar refractivity (Wildman–Crippen MR) is 114 cm³/mol. The van der Waals surface area contributed by atoms with Crippen LogP contribution in [0.25, 0.3) is 22.4 Å². The number of aromatic nitrogens is 4. The van der Waals surface area contributed by atoms with Crippen LogP contribution in [-0.2, 0) is 0 Å². The Morgan fingerprint density at radius 3 is 2.93 bits per heavy atom. The summed E-state index contributed by atoms with van der Waals surface area (Å²) in [5.41, 5.74) is 1.49. The summed E-state index contributed by atoms with van der Waals surface area (Å²) in [6.07, 6.45) is 9.24. The Hall–Kier alpha value is -3.23. The fourth-order valence-corrected chi connectivity index (χ4v) is 3.85. The molecule has 0 radical (unpaired) electrons. The third-order valence-corrected chi connectivity index (χ3v) is 5.38. The molecule has 3 heterocycles. The van der Waals surface area contributed by atoms with Crippen LogP contribution in [-0.4, -0.2) is 44.6 Å². The van der Waals surface area contributed by atoms with Crippen molar-refractivity contribution >= 4 is 22.9 Å². The van der Waals surface area contributed by atoms with E-state index in [0.717, 1.165) is 48.7 Å². The number of pyridine rings is 1. The summed E-state index contributed by atoms with van der Waals surface area (Å²) >= 11 is 0. The molecule has 4 rings (SSSR count). The maximum atomic E-state index is 14.5. The Morgan fingerprint density at radius 1 is 1.27 bits per heavy atom. The molecule has 1 aliphatic rings. The van der Waals surface area contributed by atoms with Gasteiger partial charge in [-0.3, -0.25) is 0 Å². The summed E-state index contributed by atoms with van der Waals surface area (Å²) in [4.78, 5) is 28.1. The smallest absolute Gasteiger partial charge is 0.315 e. The summed E-state index contributed by atoms with van der Waals surface area (Å²) in [7, 11) is 0. The maximum absolute atomic E-state index is 14.5. The normalized spacial score (nSPS) is 18.9. The molecule has 2 amide bonds. The van der Waals surface area contributed by atoms with Crippen molar-refractivity contribution in [1.29, 1.82) is 0 Å². The third-order valence-electron chi connectivity index (χ3n) is 5.38. The molecule has 9 heteroatoms. The number of hydrogen-bond acceptors (Lipinski definition) is 5. The molecule has 0 aromatic carbocycles. The molecule has 0 bridgehead atoms. The Balaban J connectivity index is 1.54. The topological polar surface area (TPSA) is 108 Å². The Morgan fingerprint density at radius 2 is 2.10 bits per heavy atom. The number of hydrogen-bond donors (Lipinski definition) is 4. The summed E-state index contributed by atoms with van der Waals surface area (Å²) < 4.78 is 14.5. The van der Waals surface area contributed by atoms with Gasteiger partial charge in [0.05, 0.1) is 12.2 Å². The lowest BCUT2D eigenvalue weighted by molar-refractivity contribution is 0.230. The molecule has 1 fully saturated rings. The molecular weight excluding hydrogens is 385 g/mol. The number of halogens is 1. The van der Waals surface area contributed by atoms with Crippen LogP contribution in [0, 0.1) is 5.82 Å². The molecule has 3 aromatic rings. The standard InChI is InChI=1S/C21H26FN7O/c1-2-9-24-21(30)28-17-8-4-3-7-16(17)27-20-15(22)12-26-19(29-20)14-11-25-18-13(14)6-5-10-23-18/h5-6,10-12,16-17H,2-4,7-9H2,1H3,(H,23,25)(H2,24,28,30)(H,26,27,29). The van der Waals surface area contributed by atoms with Crippen molar-refractivity contribution in [3.05, 3.63) is 36.5 Å². The van der Waals surface area contributed by atoms with Gasteiger partial charge in [-0.15, -0.1) is 0 Å². The van der Waals surface area contributed by atoms with E-state index >= 15 is 0 Å². The van der Waals surface area contributed by atoms with Gasteiger partial charge in [0, 0.05) is 35.9 Å². The zero-order valence-electron chi connectivity index (χ0n) is 16.9. The van der Waals surface area contributed by atoms with Gasteiger partial charge in [-0.05, 0) is 31.4 Å². The summed E-state index contributed by atoms with van der Waals surface area (Å²) in [6.45, 7) is 2.63. The first-order valence-electron chi connectivity index (χ1n) is 10.4. The molecule has 2 atom stereocenters. The van der Waals surface area contributed by atoms with Crippen LogP contribution in [0.4, 0.5) is 15.0 Å². The highest BCUT2D eigenvalue weighted by Gasteiger charge is 2.28. The maximum Gasteiger partial charge on any atom is 0.315 e. The van der Waals surface area contributed by atoms with Crippen molar-refractivity contribution in [2.24, 2.45) is 0 Å². The number of urea groups is 1. The van der Waals surface area contributed by atoms with Crippen LogP contribution in [0.15, 0.2) is 30.7 Å². The molecule has 158 valence electrons. The first-order chi connectivity index (χ1) is 14.7. The molecule has 8 nitrogen and oxygen atoms in total. The largest absolute Gasteiger partial charge is 0.363 e. The van der Waals surface area contributed by atoms with Crippen LogP contribution in [0.5, 0.6) is 0 Å². The van der Waals surface area contributed by atoms with E-state index in [0.29, 0.717) is 12.4 Å². The molecule has 0 aliphatic heterocycles. The van der Waals surface area contributed by atoms with Gasteiger partial charge in [0.15, 0.2) is 17.5 Å². The summed E-state index contributed by atoms with van der Waals surface area (Å²) in [5.74, 6) is 0.0431. The highest BCUT2D eigenvalue weighted by Crippen LogP contribution is 2.27. The van der Waals surface area contributed by atoms with Crippen LogP contribution < -0.4 is 16.0 Å². The number of aromatic amines is 1. The Kier molecular flexibility index (Phi) is 6.06. The molecule has 3 aromatic heterocycles. The minimum atomic E-state index is -0.517. The second-order valence-electron chi connectivity index (χ2n) is 7.53. The Labute approximate surface area is 174 Å². The predicted octanol–water partition coefficient (Wildman–Crippen LogP) is 3.59. The monoisotopic (exact) mass is 411 g/mol. The van der Waals surface area contributed by atoms with Crippen LogP contribution in [0.3, 0.4) is 0 Å². The van der Waals surface area contributed by atoms with E-state index in [1.165, 1.54) is 6.20 Å². The van der Waals surface area contributed by atoms with Crippen molar-refractivity contribution < 1.29 is 9.18 Å². The lowest BCUT2D eigenvalue weighted by atomic mass is 9.90. The fourth-order valence-electron chi connectivity index (χ4n) is 3.85. The van der Waals surface area contributed by atoms with Crippen LogP contribution in [0.1, 0.15) is 39.0 Å². The lowest BCUT2D eigenvalue weighted by Crippen LogP contribution is -2.51. The second-order valence-corrected chi connectivity index (χ2v) is 7.53. The van der Waals surface area contributed by atoms with Crippen molar-refractivity contribution in [2.75, 3.05) is 11.9 Å². The van der Waals surface area contributed by atoms with E-state index in [1.54, 1.807) is 12.4 Å². The van der Waals surface area contributed by atoms with E-state index < -0.39 is 5.82 Å². The molecule has 2 unspecified atom stereocenters. The van der Waals surface area contributed by atoms with E-state index in [9.17, 15) is 9.18 Å². The Bertz CT molecular complexity index is 1020. The SMILES string of the molecule is CCCNC(=O)NC1CCCCC1Nc1nc(-c2c[nH]c3ncccc23)ncc1F. The fraction of sp³-hybridized carbons (Fsp3) is 0.429. The molecule has 0 spiro atoms. The van der Waals surface area contributed by atoms with Crippen LogP contribution >= 0.6 is 0 Å². The van der Waals surface area contributed by atoms with Gasteiger partial charge in [-0.2, -0.15) is 0 Å². The van der Waals surface area contributed by atoms with E-state index in [-0.39, 0.29) is 23.9 Å². The number of anilines is 1. The molecule has 1 saturated carbocycles. The van der Waals surface area contributed by atoms with Crippen LogP contribution in [0.2, 0.25) is 0 Å². The minimum absolute atomic E-state index is 0.0919. The van der Waals surface area contributed by atoms with Crippen molar-refractivity contribution in [3.63, 3.8) is 0 Å². The van der Waals surface area contributed by atoms with Gasteiger partial charge in [-0.25, -0.2) is 24.1 Å². The number of carbonyl (C=O) groups excluding carboxylic acids is 1. The number of H-pyrrole nitrogens is 1. The molecule has 1 aliphatic carbocycles. The number of fused-ring (bicyclic) bond motifs is 1. The number of amides is 2. The van der Waals surface area contributed by atoms with Gasteiger partial charge in [0.2, 0.25) is 0 Å². The number of nitrogens with zero attached hydrogens (tertiary/aromatic N) is 3. The number of rotatable bonds is 6. The van der Waals surface area contributed by atoms with Crippen molar-refractivity contribution in [2.45, 2.75) is 51.1 Å². The summed E-state index contributed by atoms with van der Waals surface area (Å²) in [5, 5.41) is 9.94. The quantitative estimate of drug-likeness (QED) is 0.496. The zero-order chi connectivity index (χ0) is 20.9. The van der Waals surface area contributed by atoms with Gasteiger partial charge in [0.1, 0.15) is 5.65 Å². The minimum Gasteiger partial charge on any atom is -0.363 e.